The van der Waals surface area contributed by atoms with Crippen LogP contribution >= 0.6 is 15.9 Å². The lowest BCUT2D eigenvalue weighted by atomic mass is 10.1. The van der Waals surface area contributed by atoms with Crippen molar-refractivity contribution in [3.05, 3.63) is 39.6 Å². The van der Waals surface area contributed by atoms with Crippen LogP contribution in [-0.2, 0) is 10.0 Å². The van der Waals surface area contributed by atoms with Crippen molar-refractivity contribution in [1.82, 2.24) is 10.2 Å². The molecule has 1 aromatic heterocycles. The number of anilines is 1. The van der Waals surface area contributed by atoms with E-state index in [-0.39, 0.29) is 4.90 Å². The van der Waals surface area contributed by atoms with E-state index in [1.807, 2.05) is 26.0 Å². The molecular weight excluding hydrogens is 330 g/mol. The number of nitrogens with zero attached hydrogens (tertiary/aromatic N) is 1. The van der Waals surface area contributed by atoms with E-state index in [1.54, 1.807) is 6.92 Å². The third-order valence-corrected chi connectivity index (χ3v) is 4.73. The fourth-order valence-electron chi connectivity index (χ4n) is 1.87. The second-order valence-corrected chi connectivity index (χ2v) is 6.95. The van der Waals surface area contributed by atoms with Gasteiger partial charge in [-0.05, 0) is 44.0 Å². The van der Waals surface area contributed by atoms with Crippen molar-refractivity contribution in [3.63, 3.8) is 0 Å². The number of aromatic nitrogens is 2. The lowest BCUT2D eigenvalue weighted by molar-refractivity contribution is 0.600. The lowest BCUT2D eigenvalue weighted by Gasteiger charge is -2.13. The summed E-state index contributed by atoms with van der Waals surface area (Å²) in [7, 11) is -3.62. The highest BCUT2D eigenvalue weighted by Gasteiger charge is 2.20. The largest absolute Gasteiger partial charge is 0.281 e. The molecule has 2 aromatic rings. The SMILES string of the molecule is Cc1cc(Br)cc(C)c1NS(=O)(=O)c1cn[nH]c1C. The van der Waals surface area contributed by atoms with Crippen molar-refractivity contribution in [2.45, 2.75) is 25.7 Å². The average Bonchev–Trinajstić information content (AvgIpc) is 2.70. The molecule has 19 heavy (non-hydrogen) atoms. The first-order valence-corrected chi connectivity index (χ1v) is 7.88. The van der Waals surface area contributed by atoms with Crippen LogP contribution in [0.15, 0.2) is 27.7 Å². The van der Waals surface area contributed by atoms with Gasteiger partial charge in [-0.15, -0.1) is 0 Å². The van der Waals surface area contributed by atoms with Gasteiger partial charge in [0.15, 0.2) is 0 Å². The number of hydrogen-bond donors (Lipinski definition) is 2. The molecule has 7 heteroatoms. The number of hydrogen-bond acceptors (Lipinski definition) is 3. The van der Waals surface area contributed by atoms with Crippen LogP contribution in [0.1, 0.15) is 16.8 Å². The first-order chi connectivity index (χ1) is 8.81. The van der Waals surface area contributed by atoms with Crippen LogP contribution in [0.4, 0.5) is 5.69 Å². The summed E-state index contributed by atoms with van der Waals surface area (Å²) >= 11 is 3.38. The highest BCUT2D eigenvalue weighted by atomic mass is 79.9. The quantitative estimate of drug-likeness (QED) is 0.899. The molecule has 1 aromatic carbocycles. The van der Waals surface area contributed by atoms with Gasteiger partial charge in [0.1, 0.15) is 4.90 Å². The van der Waals surface area contributed by atoms with Crippen LogP contribution < -0.4 is 4.72 Å². The first-order valence-electron chi connectivity index (χ1n) is 5.61. The van der Waals surface area contributed by atoms with E-state index in [0.29, 0.717) is 11.4 Å². The highest BCUT2D eigenvalue weighted by molar-refractivity contribution is 9.10. The van der Waals surface area contributed by atoms with Crippen molar-refractivity contribution in [2.75, 3.05) is 4.72 Å². The number of sulfonamides is 1. The zero-order chi connectivity index (χ0) is 14.2. The van der Waals surface area contributed by atoms with Crippen molar-refractivity contribution >= 4 is 31.6 Å². The van der Waals surface area contributed by atoms with Gasteiger partial charge in [-0.2, -0.15) is 5.10 Å². The molecule has 0 atom stereocenters. The fourth-order valence-corrected chi connectivity index (χ4v) is 3.90. The predicted octanol–water partition coefficient (Wildman–Crippen LogP) is 2.90. The van der Waals surface area contributed by atoms with Gasteiger partial charge < -0.3 is 0 Å². The monoisotopic (exact) mass is 343 g/mol. The van der Waals surface area contributed by atoms with Crippen molar-refractivity contribution in [1.29, 1.82) is 0 Å². The molecule has 1 heterocycles. The standard InChI is InChI=1S/C12H14BrN3O2S/c1-7-4-10(13)5-8(2)12(7)16-19(17,18)11-6-14-15-9(11)3/h4-6,16H,1-3H3,(H,14,15). The normalized spacial score (nSPS) is 11.6. The van der Waals surface area contributed by atoms with E-state index in [2.05, 4.69) is 30.8 Å². The maximum Gasteiger partial charge on any atom is 0.265 e. The second kappa shape index (κ2) is 4.97. The Kier molecular flexibility index (Phi) is 3.69. The molecule has 0 aliphatic heterocycles. The molecule has 0 aliphatic rings. The van der Waals surface area contributed by atoms with Gasteiger partial charge in [0.05, 0.1) is 17.6 Å². The summed E-state index contributed by atoms with van der Waals surface area (Å²) in [5.74, 6) is 0. The summed E-state index contributed by atoms with van der Waals surface area (Å²) in [4.78, 5) is 0.161. The highest BCUT2D eigenvalue weighted by Crippen LogP contribution is 2.27. The Balaban J connectivity index is 2.45. The van der Waals surface area contributed by atoms with Crippen molar-refractivity contribution in [2.24, 2.45) is 0 Å². The molecule has 0 bridgehead atoms. The summed E-state index contributed by atoms with van der Waals surface area (Å²) in [6, 6.07) is 3.74. The number of halogens is 1. The van der Waals surface area contributed by atoms with Crippen molar-refractivity contribution in [3.8, 4) is 0 Å². The molecule has 2 N–H and O–H groups in total. The zero-order valence-electron chi connectivity index (χ0n) is 10.8. The summed E-state index contributed by atoms with van der Waals surface area (Å²) in [5, 5.41) is 6.36. The number of rotatable bonds is 3. The number of H-pyrrole nitrogens is 1. The predicted molar refractivity (Wildman–Crippen MR) is 77.7 cm³/mol. The first kappa shape index (κ1) is 14.1. The molecular formula is C12H14BrN3O2S. The summed E-state index contributed by atoms with van der Waals surface area (Å²) < 4.78 is 28.1. The van der Waals surface area contributed by atoms with E-state index >= 15 is 0 Å². The minimum atomic E-state index is -3.62. The van der Waals surface area contributed by atoms with Gasteiger partial charge in [-0.3, -0.25) is 9.82 Å². The third kappa shape index (κ3) is 2.82. The lowest BCUT2D eigenvalue weighted by Crippen LogP contribution is -2.15. The second-order valence-electron chi connectivity index (χ2n) is 4.38. The van der Waals surface area contributed by atoms with Gasteiger partial charge in [0.2, 0.25) is 0 Å². The maximum absolute atomic E-state index is 12.3. The van der Waals surface area contributed by atoms with Crippen LogP contribution in [0.25, 0.3) is 0 Å². The molecule has 0 amide bonds. The van der Waals surface area contributed by atoms with E-state index in [0.717, 1.165) is 15.6 Å². The molecule has 0 radical (unpaired) electrons. The van der Waals surface area contributed by atoms with E-state index < -0.39 is 10.0 Å². The van der Waals surface area contributed by atoms with Crippen LogP contribution in [0.5, 0.6) is 0 Å². The van der Waals surface area contributed by atoms with Gasteiger partial charge in [0, 0.05) is 4.47 Å². The minimum Gasteiger partial charge on any atom is -0.281 e. The molecule has 0 aliphatic carbocycles. The molecule has 0 saturated heterocycles. The van der Waals surface area contributed by atoms with Crippen LogP contribution in [0, 0.1) is 20.8 Å². The molecule has 0 unspecified atom stereocenters. The van der Waals surface area contributed by atoms with E-state index in [9.17, 15) is 8.42 Å². The summed E-state index contributed by atoms with van der Waals surface area (Å²) in [6.07, 6.45) is 1.31. The van der Waals surface area contributed by atoms with Crippen LogP contribution in [0.2, 0.25) is 0 Å². The average molecular weight is 344 g/mol. The van der Waals surface area contributed by atoms with Gasteiger partial charge in [-0.25, -0.2) is 8.42 Å². The fraction of sp³-hybridized carbons (Fsp3) is 0.250. The third-order valence-electron chi connectivity index (χ3n) is 2.81. The van der Waals surface area contributed by atoms with Crippen molar-refractivity contribution < 1.29 is 8.42 Å². The number of aryl methyl sites for hydroxylation is 3. The topological polar surface area (TPSA) is 74.8 Å². The number of benzene rings is 1. The molecule has 0 saturated carbocycles. The Morgan fingerprint density at radius 2 is 1.79 bits per heavy atom. The molecule has 102 valence electrons. The Morgan fingerprint density at radius 3 is 2.26 bits per heavy atom. The summed E-state index contributed by atoms with van der Waals surface area (Å²) in [5.41, 5.74) is 2.83. The summed E-state index contributed by atoms with van der Waals surface area (Å²) in [6.45, 7) is 5.39. The minimum absolute atomic E-state index is 0.161. The Labute approximate surface area is 120 Å². The Hall–Kier alpha value is -1.34. The van der Waals surface area contributed by atoms with Crippen LogP contribution in [0.3, 0.4) is 0 Å². The Bertz CT molecular complexity index is 699. The molecule has 2 rings (SSSR count). The number of nitrogens with one attached hydrogen (secondary N) is 2. The van der Waals surface area contributed by atoms with Gasteiger partial charge in [0.25, 0.3) is 10.0 Å². The molecule has 5 nitrogen and oxygen atoms in total. The van der Waals surface area contributed by atoms with Gasteiger partial charge >= 0.3 is 0 Å². The van der Waals surface area contributed by atoms with E-state index in [1.165, 1.54) is 6.20 Å². The van der Waals surface area contributed by atoms with Crippen LogP contribution in [-0.4, -0.2) is 18.6 Å². The van der Waals surface area contributed by atoms with Gasteiger partial charge in [-0.1, -0.05) is 15.9 Å². The smallest absolute Gasteiger partial charge is 0.265 e. The molecule has 0 spiro atoms. The van der Waals surface area contributed by atoms with E-state index in [4.69, 9.17) is 0 Å². The number of aromatic amines is 1. The Morgan fingerprint density at radius 1 is 1.21 bits per heavy atom. The zero-order valence-corrected chi connectivity index (χ0v) is 13.2. The molecule has 0 fully saturated rings. The maximum atomic E-state index is 12.3.